The second-order valence-corrected chi connectivity index (χ2v) is 7.93. The van der Waals surface area contributed by atoms with E-state index in [1.165, 1.54) is 0 Å². The predicted molar refractivity (Wildman–Crippen MR) is 131 cm³/mol. The van der Waals surface area contributed by atoms with Crippen molar-refractivity contribution >= 4 is 5.97 Å². The van der Waals surface area contributed by atoms with Crippen LogP contribution in [0.25, 0.3) is 22.3 Å². The Bertz CT molecular complexity index is 1130. The van der Waals surface area contributed by atoms with Gasteiger partial charge in [-0.05, 0) is 60.2 Å². The van der Waals surface area contributed by atoms with Gasteiger partial charge in [0.25, 0.3) is 0 Å². The highest BCUT2D eigenvalue weighted by Gasteiger charge is 2.09. The Kier molecular flexibility index (Phi) is 8.20. The van der Waals surface area contributed by atoms with Crippen molar-refractivity contribution in [2.24, 2.45) is 0 Å². The molecule has 0 atom stereocenters. The van der Waals surface area contributed by atoms with Gasteiger partial charge in [0.15, 0.2) is 0 Å². The van der Waals surface area contributed by atoms with Gasteiger partial charge >= 0.3 is 5.97 Å². The molecule has 0 aromatic heterocycles. The van der Waals surface area contributed by atoms with E-state index in [2.05, 4.69) is 13.2 Å². The minimum atomic E-state index is -0.359. The molecule has 3 nitrogen and oxygen atoms in total. The first-order valence-electron chi connectivity index (χ1n) is 11.0. The number of rotatable bonds is 10. The quantitative estimate of drug-likeness (QED) is 0.140. The molecule has 0 unspecified atom stereocenters. The SMILES string of the molecule is C=C(CC)Oc1ccc(-c2ccc(-c3ccc(CCCOC(=O)C(=C)C)cc3)cc2F)cc1. The topological polar surface area (TPSA) is 35.5 Å². The van der Waals surface area contributed by atoms with Crippen LogP contribution in [0.5, 0.6) is 5.75 Å². The van der Waals surface area contributed by atoms with E-state index in [1.807, 2.05) is 61.5 Å². The van der Waals surface area contributed by atoms with Crippen molar-refractivity contribution in [2.45, 2.75) is 33.1 Å². The molecule has 0 fully saturated rings. The maximum atomic E-state index is 14.9. The largest absolute Gasteiger partial charge is 0.462 e. The summed E-state index contributed by atoms with van der Waals surface area (Å²) in [7, 11) is 0. The van der Waals surface area contributed by atoms with Crippen LogP contribution in [-0.4, -0.2) is 12.6 Å². The summed E-state index contributed by atoms with van der Waals surface area (Å²) >= 11 is 0. The zero-order valence-electron chi connectivity index (χ0n) is 19.2. The first-order chi connectivity index (χ1) is 15.9. The average molecular weight is 445 g/mol. The van der Waals surface area contributed by atoms with E-state index in [9.17, 15) is 9.18 Å². The molecule has 0 bridgehead atoms. The van der Waals surface area contributed by atoms with Crippen molar-refractivity contribution in [3.05, 3.63) is 103 Å². The van der Waals surface area contributed by atoms with E-state index >= 15 is 0 Å². The van der Waals surface area contributed by atoms with Crippen LogP contribution in [0.2, 0.25) is 0 Å². The van der Waals surface area contributed by atoms with Gasteiger partial charge in [-0.3, -0.25) is 0 Å². The number of ether oxygens (including phenoxy) is 2. The Morgan fingerprint density at radius 3 is 2.15 bits per heavy atom. The molecular formula is C29H29FO3. The Balaban J connectivity index is 1.63. The fraction of sp³-hybridized carbons (Fsp3) is 0.207. The minimum Gasteiger partial charge on any atom is -0.462 e. The van der Waals surface area contributed by atoms with Gasteiger partial charge in [0, 0.05) is 17.6 Å². The number of allylic oxidation sites excluding steroid dienone is 1. The van der Waals surface area contributed by atoms with Gasteiger partial charge in [0.05, 0.1) is 12.4 Å². The number of hydrogen-bond donors (Lipinski definition) is 0. The first-order valence-corrected chi connectivity index (χ1v) is 11.0. The lowest BCUT2D eigenvalue weighted by molar-refractivity contribution is -0.139. The molecule has 0 aliphatic rings. The number of esters is 1. The Labute approximate surface area is 195 Å². The van der Waals surface area contributed by atoms with Crippen molar-refractivity contribution in [1.29, 1.82) is 0 Å². The summed E-state index contributed by atoms with van der Waals surface area (Å²) in [5.41, 5.74) is 4.63. The lowest BCUT2D eigenvalue weighted by Gasteiger charge is -2.10. The van der Waals surface area contributed by atoms with E-state index in [0.29, 0.717) is 29.3 Å². The van der Waals surface area contributed by atoms with Gasteiger partial charge in [0.2, 0.25) is 0 Å². The summed E-state index contributed by atoms with van der Waals surface area (Å²) in [6.45, 7) is 11.4. The third-order valence-electron chi connectivity index (χ3n) is 5.27. The molecule has 0 radical (unpaired) electrons. The number of hydrogen-bond acceptors (Lipinski definition) is 3. The first kappa shape index (κ1) is 24.0. The maximum Gasteiger partial charge on any atom is 0.333 e. The summed E-state index contributed by atoms with van der Waals surface area (Å²) in [5, 5.41) is 0. The van der Waals surface area contributed by atoms with Crippen LogP contribution in [0.15, 0.2) is 91.2 Å². The fourth-order valence-corrected chi connectivity index (χ4v) is 3.30. The summed E-state index contributed by atoms with van der Waals surface area (Å²) in [6, 6.07) is 20.6. The second-order valence-electron chi connectivity index (χ2n) is 7.93. The molecule has 170 valence electrons. The van der Waals surface area contributed by atoms with Crippen LogP contribution in [0, 0.1) is 5.82 Å². The van der Waals surface area contributed by atoms with E-state index in [0.717, 1.165) is 41.5 Å². The molecule has 0 heterocycles. The highest BCUT2D eigenvalue weighted by atomic mass is 19.1. The van der Waals surface area contributed by atoms with E-state index in [-0.39, 0.29) is 11.8 Å². The molecule has 3 aromatic carbocycles. The summed E-state index contributed by atoms with van der Waals surface area (Å²) in [5.74, 6) is 0.747. The van der Waals surface area contributed by atoms with Gasteiger partial charge in [0.1, 0.15) is 11.6 Å². The van der Waals surface area contributed by atoms with Crippen molar-refractivity contribution in [3.63, 3.8) is 0 Å². The number of aryl methyl sites for hydroxylation is 1. The highest BCUT2D eigenvalue weighted by molar-refractivity contribution is 5.86. The third kappa shape index (κ3) is 6.66. The minimum absolute atomic E-state index is 0.275. The Morgan fingerprint density at radius 2 is 1.55 bits per heavy atom. The van der Waals surface area contributed by atoms with Gasteiger partial charge in [-0.2, -0.15) is 0 Å². The molecule has 33 heavy (non-hydrogen) atoms. The normalized spacial score (nSPS) is 10.5. The molecule has 0 saturated heterocycles. The summed E-state index contributed by atoms with van der Waals surface area (Å²) < 4.78 is 25.6. The van der Waals surface area contributed by atoms with Crippen LogP contribution in [-0.2, 0) is 16.0 Å². The van der Waals surface area contributed by atoms with Crippen LogP contribution >= 0.6 is 0 Å². The zero-order valence-corrected chi connectivity index (χ0v) is 19.2. The van der Waals surface area contributed by atoms with Crippen molar-refractivity contribution in [2.75, 3.05) is 6.61 Å². The van der Waals surface area contributed by atoms with Gasteiger partial charge in [-0.1, -0.05) is 68.6 Å². The Hall–Kier alpha value is -3.66. The van der Waals surface area contributed by atoms with Crippen molar-refractivity contribution < 1.29 is 18.7 Å². The van der Waals surface area contributed by atoms with E-state index < -0.39 is 0 Å². The fourth-order valence-electron chi connectivity index (χ4n) is 3.30. The highest BCUT2D eigenvalue weighted by Crippen LogP contribution is 2.30. The van der Waals surface area contributed by atoms with Crippen LogP contribution < -0.4 is 4.74 Å². The van der Waals surface area contributed by atoms with E-state index in [1.54, 1.807) is 19.1 Å². The predicted octanol–water partition coefficient (Wildman–Crippen LogP) is 7.51. The van der Waals surface area contributed by atoms with Crippen LogP contribution in [0.4, 0.5) is 4.39 Å². The molecule has 0 saturated carbocycles. The molecular weight excluding hydrogens is 415 g/mol. The zero-order chi connectivity index (χ0) is 23.8. The van der Waals surface area contributed by atoms with Crippen molar-refractivity contribution in [3.8, 4) is 28.0 Å². The number of halogens is 1. The smallest absolute Gasteiger partial charge is 0.333 e. The molecule has 0 amide bonds. The van der Waals surface area contributed by atoms with Gasteiger partial charge < -0.3 is 9.47 Å². The lowest BCUT2D eigenvalue weighted by atomic mass is 9.98. The van der Waals surface area contributed by atoms with E-state index in [4.69, 9.17) is 9.47 Å². The number of benzene rings is 3. The second kappa shape index (κ2) is 11.3. The molecule has 3 rings (SSSR count). The summed E-state index contributed by atoms with van der Waals surface area (Å²) in [4.78, 5) is 11.4. The lowest BCUT2D eigenvalue weighted by Crippen LogP contribution is -2.06. The summed E-state index contributed by atoms with van der Waals surface area (Å²) in [6.07, 6.45) is 2.27. The molecule has 3 aromatic rings. The van der Waals surface area contributed by atoms with Crippen molar-refractivity contribution in [1.82, 2.24) is 0 Å². The number of carbonyl (C=O) groups excluding carboxylic acids is 1. The molecule has 0 spiro atoms. The Morgan fingerprint density at radius 1 is 0.909 bits per heavy atom. The molecule has 0 aliphatic heterocycles. The molecule has 0 N–H and O–H groups in total. The van der Waals surface area contributed by atoms with Gasteiger partial charge in [-0.15, -0.1) is 0 Å². The third-order valence-corrected chi connectivity index (χ3v) is 5.27. The number of carbonyl (C=O) groups is 1. The van der Waals surface area contributed by atoms with Crippen LogP contribution in [0.3, 0.4) is 0 Å². The monoisotopic (exact) mass is 444 g/mol. The molecule has 4 heteroatoms. The molecule has 0 aliphatic carbocycles. The van der Waals surface area contributed by atoms with Gasteiger partial charge in [-0.25, -0.2) is 9.18 Å². The van der Waals surface area contributed by atoms with Crippen LogP contribution in [0.1, 0.15) is 32.3 Å². The average Bonchev–Trinajstić information content (AvgIpc) is 2.82. The standard InChI is InChI=1S/C29H29FO3/c1-5-21(4)33-26-15-12-24(13-16-26)27-17-14-25(19-28(27)30)23-10-8-22(9-11-23)7-6-18-32-29(31)20(2)3/h8-17,19H,2,4-7,18H2,1,3H3. The maximum absolute atomic E-state index is 14.9.